The van der Waals surface area contributed by atoms with Gasteiger partial charge in [0.2, 0.25) is 5.88 Å². The highest BCUT2D eigenvalue weighted by atomic mass is 19.4. The number of hydrogen-bond acceptors (Lipinski definition) is 5. The molecule has 3 N–H and O–H groups in total. The number of carbonyl (C=O) groups is 2. The van der Waals surface area contributed by atoms with E-state index < -0.39 is 12.1 Å². The fourth-order valence-corrected chi connectivity index (χ4v) is 3.36. The molecule has 8 nitrogen and oxygen atoms in total. The number of amides is 2. The summed E-state index contributed by atoms with van der Waals surface area (Å²) in [6.45, 7) is 2.25. The van der Waals surface area contributed by atoms with Crippen molar-refractivity contribution in [3.05, 3.63) is 24.4 Å². The maximum Gasteiger partial charge on any atom is 0.490 e. The lowest BCUT2D eigenvalue weighted by atomic mass is 9.89. The number of morpholine rings is 1. The Morgan fingerprint density at radius 3 is 2.71 bits per heavy atom. The van der Waals surface area contributed by atoms with Crippen molar-refractivity contribution in [3.63, 3.8) is 0 Å². The second-order valence-corrected chi connectivity index (χ2v) is 6.54. The highest BCUT2D eigenvalue weighted by molar-refractivity contribution is 5.73. The molecule has 0 bridgehead atoms. The molecule has 1 saturated carbocycles. The molecule has 1 aromatic rings. The number of rotatable bonds is 3. The zero-order chi connectivity index (χ0) is 20.8. The number of nitrogens with two attached hydrogens (primary N) is 1. The zero-order valence-electron chi connectivity index (χ0n) is 15.0. The Hall–Kier alpha value is -2.56. The van der Waals surface area contributed by atoms with Gasteiger partial charge >= 0.3 is 18.2 Å². The van der Waals surface area contributed by atoms with E-state index in [4.69, 9.17) is 25.1 Å². The molecular weight excluding hydrogens is 383 g/mol. The first-order valence-corrected chi connectivity index (χ1v) is 8.66. The molecule has 3 rings (SSSR count). The van der Waals surface area contributed by atoms with Crippen molar-refractivity contribution in [2.75, 3.05) is 26.3 Å². The summed E-state index contributed by atoms with van der Waals surface area (Å²) in [6.07, 6.45) is -0.291. The summed E-state index contributed by atoms with van der Waals surface area (Å²) in [5.41, 5.74) is 5.12. The Morgan fingerprint density at radius 2 is 2.14 bits per heavy atom. The predicted octanol–water partition coefficient (Wildman–Crippen LogP) is 2.04. The van der Waals surface area contributed by atoms with Gasteiger partial charge in [0, 0.05) is 24.7 Å². The van der Waals surface area contributed by atoms with E-state index in [1.165, 1.54) is 0 Å². The van der Waals surface area contributed by atoms with Gasteiger partial charge in [0.25, 0.3) is 0 Å². The minimum absolute atomic E-state index is 0.265. The maximum absolute atomic E-state index is 11.4. The average Bonchev–Trinajstić information content (AvgIpc) is 3.02. The van der Waals surface area contributed by atoms with Gasteiger partial charge in [-0.05, 0) is 25.3 Å². The van der Waals surface area contributed by atoms with Crippen LogP contribution in [0.2, 0.25) is 0 Å². The minimum atomic E-state index is -5.08. The number of carboxylic acids is 1. The van der Waals surface area contributed by atoms with E-state index in [9.17, 15) is 18.0 Å². The molecule has 1 aliphatic carbocycles. The summed E-state index contributed by atoms with van der Waals surface area (Å²) in [7, 11) is 0. The third kappa shape index (κ3) is 5.72. The van der Waals surface area contributed by atoms with Crippen molar-refractivity contribution in [1.82, 2.24) is 9.88 Å². The van der Waals surface area contributed by atoms with E-state index in [-0.39, 0.29) is 17.6 Å². The molecule has 1 saturated heterocycles. The monoisotopic (exact) mass is 405 g/mol. The number of pyridine rings is 1. The van der Waals surface area contributed by atoms with E-state index in [1.54, 1.807) is 11.1 Å². The van der Waals surface area contributed by atoms with E-state index in [0.717, 1.165) is 19.3 Å². The van der Waals surface area contributed by atoms with Gasteiger partial charge in [0.1, 0.15) is 0 Å². The number of aliphatic carboxylic acids is 1. The molecule has 2 amide bonds. The molecule has 2 aliphatic rings. The Balaban J connectivity index is 0.000000345. The molecular formula is C17H22F3N3O5. The number of aromatic nitrogens is 1. The van der Waals surface area contributed by atoms with E-state index in [1.807, 2.05) is 18.2 Å². The summed E-state index contributed by atoms with van der Waals surface area (Å²) >= 11 is 0. The molecule has 0 radical (unpaired) electrons. The number of carboxylic acid groups (broad SMARTS) is 1. The van der Waals surface area contributed by atoms with E-state index >= 15 is 0 Å². The first-order valence-electron chi connectivity index (χ1n) is 8.66. The second kappa shape index (κ2) is 9.09. The highest BCUT2D eigenvalue weighted by Crippen LogP contribution is 2.41. The van der Waals surface area contributed by atoms with Crippen LogP contribution in [0.5, 0.6) is 5.88 Å². The maximum atomic E-state index is 11.4. The summed E-state index contributed by atoms with van der Waals surface area (Å²) < 4.78 is 43.6. The zero-order valence-corrected chi connectivity index (χ0v) is 15.0. The molecule has 0 unspecified atom stereocenters. The number of ether oxygens (including phenoxy) is 2. The normalized spacial score (nSPS) is 24.4. The predicted molar refractivity (Wildman–Crippen MR) is 90.6 cm³/mol. The second-order valence-electron chi connectivity index (χ2n) is 6.54. The smallest absolute Gasteiger partial charge is 0.477 e. The Bertz CT molecular complexity index is 674. The quantitative estimate of drug-likeness (QED) is 0.795. The molecule has 156 valence electrons. The van der Waals surface area contributed by atoms with Gasteiger partial charge in [-0.25, -0.2) is 14.6 Å². The van der Waals surface area contributed by atoms with Crippen LogP contribution in [0.25, 0.3) is 0 Å². The van der Waals surface area contributed by atoms with Crippen molar-refractivity contribution >= 4 is 12.0 Å². The number of hydrogen-bond donors (Lipinski definition) is 2. The first kappa shape index (κ1) is 21.7. The van der Waals surface area contributed by atoms with E-state index in [2.05, 4.69) is 4.98 Å². The molecule has 1 aromatic heterocycles. The van der Waals surface area contributed by atoms with Crippen LogP contribution < -0.4 is 10.5 Å². The lowest BCUT2D eigenvalue weighted by Crippen LogP contribution is -2.57. The van der Waals surface area contributed by atoms with Crippen molar-refractivity contribution in [2.45, 2.75) is 31.0 Å². The molecule has 28 heavy (non-hydrogen) atoms. The standard InChI is InChI=1S/C15H21N3O3.C2HF3O2/c16-14(19)18-8-9-21-15(11-18)6-3-4-12(15)10-20-13-5-1-2-7-17-13;3-2(4,5)1(6)7/h1-2,5,7,12H,3-4,6,8-11H2,(H2,16,19);(H,6,7)/t12-,15+;/m0./s1. The van der Waals surface area contributed by atoms with Crippen LogP contribution in [-0.2, 0) is 9.53 Å². The minimum Gasteiger partial charge on any atom is -0.477 e. The molecule has 11 heteroatoms. The lowest BCUT2D eigenvalue weighted by Gasteiger charge is -2.43. The number of nitrogens with zero attached hydrogens (tertiary/aromatic N) is 2. The fourth-order valence-electron chi connectivity index (χ4n) is 3.36. The summed E-state index contributed by atoms with van der Waals surface area (Å²) in [6, 6.07) is 5.24. The van der Waals surface area contributed by atoms with Gasteiger partial charge < -0.3 is 25.2 Å². The Morgan fingerprint density at radius 1 is 1.43 bits per heavy atom. The van der Waals surface area contributed by atoms with Gasteiger partial charge in [-0.2, -0.15) is 13.2 Å². The van der Waals surface area contributed by atoms with Crippen LogP contribution in [0.3, 0.4) is 0 Å². The Labute approximate surface area is 159 Å². The van der Waals surface area contributed by atoms with Crippen LogP contribution in [0.15, 0.2) is 24.4 Å². The van der Waals surface area contributed by atoms with Crippen molar-refractivity contribution in [1.29, 1.82) is 0 Å². The largest absolute Gasteiger partial charge is 0.490 e. The van der Waals surface area contributed by atoms with E-state index in [0.29, 0.717) is 32.2 Å². The molecule has 2 atom stereocenters. The first-order chi connectivity index (χ1) is 13.1. The molecule has 0 aromatic carbocycles. The Kier molecular flexibility index (Phi) is 7.05. The van der Waals surface area contributed by atoms with Gasteiger partial charge in [-0.15, -0.1) is 0 Å². The third-order valence-electron chi connectivity index (χ3n) is 4.73. The number of carbonyl (C=O) groups excluding carboxylic acids is 1. The van der Waals surface area contributed by atoms with Gasteiger partial charge in [-0.1, -0.05) is 6.07 Å². The van der Waals surface area contributed by atoms with Crippen molar-refractivity contribution in [2.24, 2.45) is 11.7 Å². The van der Waals surface area contributed by atoms with Gasteiger partial charge in [-0.3, -0.25) is 0 Å². The molecule has 2 heterocycles. The number of alkyl halides is 3. The van der Waals surface area contributed by atoms with Crippen LogP contribution >= 0.6 is 0 Å². The molecule has 1 spiro atoms. The number of urea groups is 1. The summed E-state index contributed by atoms with van der Waals surface area (Å²) in [5, 5.41) is 7.12. The lowest BCUT2D eigenvalue weighted by molar-refractivity contribution is -0.192. The molecule has 2 fully saturated rings. The van der Waals surface area contributed by atoms with Gasteiger partial charge in [0.15, 0.2) is 0 Å². The van der Waals surface area contributed by atoms with Crippen molar-refractivity contribution in [3.8, 4) is 5.88 Å². The third-order valence-corrected chi connectivity index (χ3v) is 4.73. The SMILES string of the molecule is NC(=O)N1CCO[C@]2(CCC[C@H]2COc2ccccn2)C1.O=C(O)C(F)(F)F. The van der Waals surface area contributed by atoms with Crippen LogP contribution in [-0.4, -0.2) is 65.1 Å². The average molecular weight is 405 g/mol. The van der Waals surface area contributed by atoms with Crippen LogP contribution in [0.4, 0.5) is 18.0 Å². The van der Waals surface area contributed by atoms with Crippen LogP contribution in [0, 0.1) is 5.92 Å². The topological polar surface area (TPSA) is 115 Å². The number of halogens is 3. The van der Waals surface area contributed by atoms with Gasteiger partial charge in [0.05, 0.1) is 25.4 Å². The fraction of sp³-hybridized carbons (Fsp3) is 0.588. The number of primary amides is 1. The summed E-state index contributed by atoms with van der Waals surface area (Å²) in [4.78, 5) is 26.2. The molecule has 1 aliphatic heterocycles. The van der Waals surface area contributed by atoms with Crippen molar-refractivity contribution < 1.29 is 37.3 Å². The summed E-state index contributed by atoms with van der Waals surface area (Å²) in [5.74, 6) is -1.86. The highest BCUT2D eigenvalue weighted by Gasteiger charge is 2.48. The van der Waals surface area contributed by atoms with Crippen LogP contribution in [0.1, 0.15) is 19.3 Å².